The van der Waals surface area contributed by atoms with Crippen LogP contribution in [-0.4, -0.2) is 80.2 Å². The van der Waals surface area contributed by atoms with Crippen LogP contribution in [0.15, 0.2) is 48.8 Å². The van der Waals surface area contributed by atoms with Gasteiger partial charge in [-0.25, -0.2) is 19.6 Å². The molecule has 1 aliphatic heterocycles. The number of anilines is 3. The highest BCUT2D eigenvalue weighted by Crippen LogP contribution is 2.38. The summed E-state index contributed by atoms with van der Waals surface area (Å²) in [5.41, 5.74) is -5.47. The number of methoxy groups -OCH3 is 1. The maximum absolute atomic E-state index is 14.1. The van der Waals surface area contributed by atoms with E-state index in [1.165, 1.54) is 19.3 Å². The minimum atomic E-state index is -5.18. The molecule has 11 nitrogen and oxygen atoms in total. The highest BCUT2D eigenvalue weighted by atomic mass is 19.4. The molecular formula is C36H41F9N6O5. The predicted octanol–water partition coefficient (Wildman–Crippen LogP) is 7.47. The fourth-order valence-corrected chi connectivity index (χ4v) is 5.64. The number of carbonyl (C=O) groups excluding carboxylic acids is 2. The number of nitrogens with zero attached hydrogens (tertiary/aromatic N) is 5. The van der Waals surface area contributed by atoms with Gasteiger partial charge in [0.05, 0.1) is 73.0 Å². The molecule has 1 saturated heterocycles. The van der Waals surface area contributed by atoms with Gasteiger partial charge in [0.25, 0.3) is 0 Å². The number of nitrogens with one attached hydrogen (secondary N) is 1. The average Bonchev–Trinajstić information content (AvgIpc) is 3.12. The van der Waals surface area contributed by atoms with Crippen molar-refractivity contribution in [2.75, 3.05) is 61.3 Å². The average molecular weight is 809 g/mol. The molecule has 0 bridgehead atoms. The maximum atomic E-state index is 14.1. The zero-order valence-corrected chi connectivity index (χ0v) is 31.0. The standard InChI is InChI=1S/C36H41F9N6O5/c1-6-51(32(53)48-28(30(52)54-5)21-56-33(2,3)4)29-8-7-24(34(37,38)39)15-23(29)20-50(31-46-17-27(18-47-31)49-9-11-55-12-10-49)19-22-13-25(35(40,41)42)16-26(14-22)36(43,44)45/h7-8,13-18,28H,6,9-12,19-21H2,1-5H3,(H,48,53)/t28-/m0/s1. The van der Waals surface area contributed by atoms with Crippen molar-refractivity contribution in [1.82, 2.24) is 15.3 Å². The molecule has 1 aliphatic rings. The summed E-state index contributed by atoms with van der Waals surface area (Å²) in [6, 6.07) is 1.05. The van der Waals surface area contributed by atoms with Crippen molar-refractivity contribution in [3.8, 4) is 0 Å². The van der Waals surface area contributed by atoms with E-state index in [9.17, 15) is 49.1 Å². The quantitative estimate of drug-likeness (QED) is 0.147. The number of halogens is 9. The molecule has 1 aromatic heterocycles. The van der Waals surface area contributed by atoms with Crippen LogP contribution >= 0.6 is 0 Å². The molecule has 4 rings (SSSR count). The first-order valence-electron chi connectivity index (χ1n) is 17.2. The van der Waals surface area contributed by atoms with Gasteiger partial charge in [-0.05, 0) is 75.2 Å². The number of rotatable bonds is 12. The molecule has 1 N–H and O–H groups in total. The van der Waals surface area contributed by atoms with Crippen LogP contribution in [0.4, 0.5) is 61.6 Å². The lowest BCUT2D eigenvalue weighted by Gasteiger charge is -2.31. The number of benzene rings is 2. The minimum Gasteiger partial charge on any atom is -0.467 e. The lowest BCUT2D eigenvalue weighted by molar-refractivity contribution is -0.146. The second-order valence-corrected chi connectivity index (χ2v) is 13.6. The number of morpholine rings is 1. The van der Waals surface area contributed by atoms with Crippen LogP contribution < -0.4 is 20.0 Å². The predicted molar refractivity (Wildman–Crippen MR) is 186 cm³/mol. The van der Waals surface area contributed by atoms with Gasteiger partial charge in [-0.15, -0.1) is 0 Å². The highest BCUT2D eigenvalue weighted by molar-refractivity contribution is 5.95. The van der Waals surface area contributed by atoms with E-state index >= 15 is 0 Å². The molecule has 1 atom stereocenters. The number of amides is 2. The van der Waals surface area contributed by atoms with Crippen LogP contribution in [0.3, 0.4) is 0 Å². The van der Waals surface area contributed by atoms with Gasteiger partial charge < -0.3 is 29.3 Å². The summed E-state index contributed by atoms with van der Waals surface area (Å²) in [6.45, 7) is 6.43. The highest BCUT2D eigenvalue weighted by Gasteiger charge is 2.38. The Balaban J connectivity index is 1.83. The lowest BCUT2D eigenvalue weighted by atomic mass is 10.0. The molecule has 0 aliphatic carbocycles. The van der Waals surface area contributed by atoms with Crippen LogP contribution in [0.25, 0.3) is 0 Å². The van der Waals surface area contributed by atoms with Gasteiger partial charge in [0.2, 0.25) is 5.95 Å². The van der Waals surface area contributed by atoms with Gasteiger partial charge >= 0.3 is 30.5 Å². The summed E-state index contributed by atoms with van der Waals surface area (Å²) in [5.74, 6) is -1.14. The van der Waals surface area contributed by atoms with Crippen molar-refractivity contribution in [1.29, 1.82) is 0 Å². The molecule has 2 amide bonds. The second-order valence-electron chi connectivity index (χ2n) is 13.6. The third-order valence-corrected chi connectivity index (χ3v) is 8.39. The van der Waals surface area contributed by atoms with E-state index in [1.54, 1.807) is 20.8 Å². The third-order valence-electron chi connectivity index (χ3n) is 8.39. The molecule has 2 heterocycles. The van der Waals surface area contributed by atoms with Crippen LogP contribution in [-0.2, 0) is 50.6 Å². The molecule has 2 aromatic carbocycles. The van der Waals surface area contributed by atoms with Gasteiger partial charge in [0, 0.05) is 32.7 Å². The summed E-state index contributed by atoms with van der Waals surface area (Å²) in [7, 11) is 1.08. The fourth-order valence-electron chi connectivity index (χ4n) is 5.64. The Bertz CT molecular complexity index is 1780. The van der Waals surface area contributed by atoms with Crippen molar-refractivity contribution in [2.45, 2.75) is 71.0 Å². The smallest absolute Gasteiger partial charge is 0.416 e. The largest absolute Gasteiger partial charge is 0.467 e. The Morgan fingerprint density at radius 1 is 0.857 bits per heavy atom. The number of aromatic nitrogens is 2. The van der Waals surface area contributed by atoms with Gasteiger partial charge in [0.15, 0.2) is 6.04 Å². The van der Waals surface area contributed by atoms with Crippen molar-refractivity contribution >= 4 is 29.3 Å². The Morgan fingerprint density at radius 3 is 1.93 bits per heavy atom. The molecule has 308 valence electrons. The van der Waals surface area contributed by atoms with E-state index in [0.29, 0.717) is 56.3 Å². The lowest BCUT2D eigenvalue weighted by Crippen LogP contribution is -2.51. The molecule has 0 saturated carbocycles. The number of carbonyl (C=O) groups is 2. The number of hydrogen-bond acceptors (Lipinski definition) is 9. The Kier molecular flexibility index (Phi) is 13.7. The zero-order chi connectivity index (χ0) is 41.6. The van der Waals surface area contributed by atoms with Crippen LogP contribution in [0.5, 0.6) is 0 Å². The van der Waals surface area contributed by atoms with E-state index in [0.717, 1.165) is 23.0 Å². The maximum Gasteiger partial charge on any atom is 0.416 e. The fraction of sp³-hybridized carbons (Fsp3) is 0.500. The number of esters is 1. The van der Waals surface area contributed by atoms with Gasteiger partial charge in [-0.3, -0.25) is 4.90 Å². The summed E-state index contributed by atoms with van der Waals surface area (Å²) >= 11 is 0. The molecule has 56 heavy (non-hydrogen) atoms. The molecule has 20 heteroatoms. The SMILES string of the molecule is CCN(C(=O)N[C@@H](COC(C)(C)C)C(=O)OC)c1ccc(C(F)(F)F)cc1CN(Cc1cc(C(F)(F)F)cc(C(F)(F)F)c1)c1ncc(N2CCOCC2)cn1. The Labute approximate surface area is 316 Å². The molecule has 3 aromatic rings. The molecule has 0 radical (unpaired) electrons. The van der Waals surface area contributed by atoms with Gasteiger partial charge in [-0.1, -0.05) is 0 Å². The van der Waals surface area contributed by atoms with E-state index in [2.05, 4.69) is 15.3 Å². The molecule has 1 fully saturated rings. The van der Waals surface area contributed by atoms with Crippen LogP contribution in [0.1, 0.15) is 55.5 Å². The van der Waals surface area contributed by atoms with Gasteiger partial charge in [-0.2, -0.15) is 39.5 Å². The van der Waals surface area contributed by atoms with E-state index < -0.39 is 77.5 Å². The topological polar surface area (TPSA) is 109 Å². The van der Waals surface area contributed by atoms with E-state index in [1.807, 2.05) is 4.90 Å². The summed E-state index contributed by atoms with van der Waals surface area (Å²) in [6.07, 6.45) is -12.5. The monoisotopic (exact) mass is 808 g/mol. The number of ether oxygens (including phenoxy) is 3. The molecule has 0 spiro atoms. The van der Waals surface area contributed by atoms with Crippen molar-refractivity contribution in [3.05, 3.63) is 76.6 Å². The first-order chi connectivity index (χ1) is 26.0. The first-order valence-corrected chi connectivity index (χ1v) is 17.2. The Morgan fingerprint density at radius 2 is 1.43 bits per heavy atom. The molecular weight excluding hydrogens is 767 g/mol. The van der Waals surface area contributed by atoms with Crippen LogP contribution in [0.2, 0.25) is 0 Å². The number of hydrogen-bond donors (Lipinski definition) is 1. The van der Waals surface area contributed by atoms with Crippen molar-refractivity contribution in [3.63, 3.8) is 0 Å². The first kappa shape index (κ1) is 43.9. The zero-order valence-electron chi connectivity index (χ0n) is 31.0. The minimum absolute atomic E-state index is 0.0434. The second kappa shape index (κ2) is 17.5. The Hall–Kier alpha value is -4.85. The summed E-state index contributed by atoms with van der Waals surface area (Å²) in [4.78, 5) is 38.9. The van der Waals surface area contributed by atoms with Crippen molar-refractivity contribution in [2.24, 2.45) is 0 Å². The number of alkyl halides is 9. The van der Waals surface area contributed by atoms with E-state index in [-0.39, 0.29) is 36.4 Å². The van der Waals surface area contributed by atoms with E-state index in [4.69, 9.17) is 14.2 Å². The van der Waals surface area contributed by atoms with Crippen LogP contribution in [0, 0.1) is 0 Å². The van der Waals surface area contributed by atoms with Gasteiger partial charge in [0.1, 0.15) is 0 Å². The number of urea groups is 1. The molecule has 0 unspecified atom stereocenters. The van der Waals surface area contributed by atoms with Crippen molar-refractivity contribution < 1.29 is 63.3 Å². The summed E-state index contributed by atoms with van der Waals surface area (Å²) in [5, 5.41) is 2.47. The third kappa shape index (κ3) is 11.8. The normalized spacial score (nSPS) is 14.6. The summed E-state index contributed by atoms with van der Waals surface area (Å²) < 4.78 is 141.